The fourth-order valence-electron chi connectivity index (χ4n) is 2.85. The molecule has 5 heteroatoms. The van der Waals surface area contributed by atoms with Gasteiger partial charge in [-0.05, 0) is 45.1 Å². The van der Waals surface area contributed by atoms with Crippen molar-refractivity contribution in [1.29, 1.82) is 0 Å². The SMILES string of the molecule is CCOCCN(CC)CC(NC1CC1)(C(N)=O)C1CC1. The molecule has 0 radical (unpaired) electrons. The molecule has 0 heterocycles. The number of amides is 1. The van der Waals surface area contributed by atoms with E-state index in [9.17, 15) is 4.79 Å². The number of hydrogen-bond acceptors (Lipinski definition) is 4. The zero-order chi connectivity index (χ0) is 14.6. The quantitative estimate of drug-likeness (QED) is 0.549. The summed E-state index contributed by atoms with van der Waals surface area (Å²) < 4.78 is 5.43. The molecule has 3 N–H and O–H groups in total. The highest BCUT2D eigenvalue weighted by Gasteiger charge is 2.52. The molecular formula is C15H29N3O2. The predicted octanol–water partition coefficient (Wildman–Crippen LogP) is 0.731. The van der Waals surface area contributed by atoms with Gasteiger partial charge >= 0.3 is 0 Å². The molecule has 0 aromatic rings. The predicted molar refractivity (Wildman–Crippen MR) is 79.4 cm³/mol. The molecule has 1 amide bonds. The van der Waals surface area contributed by atoms with Crippen molar-refractivity contribution in [3.8, 4) is 0 Å². The van der Waals surface area contributed by atoms with Crippen LogP contribution in [-0.2, 0) is 9.53 Å². The Morgan fingerprint density at radius 2 is 2.05 bits per heavy atom. The number of likely N-dealkylation sites (N-methyl/N-ethyl adjacent to an activating group) is 1. The summed E-state index contributed by atoms with van der Waals surface area (Å²) in [5, 5.41) is 3.56. The highest BCUT2D eigenvalue weighted by Crippen LogP contribution is 2.42. The van der Waals surface area contributed by atoms with Gasteiger partial charge in [0.1, 0.15) is 5.54 Å². The van der Waals surface area contributed by atoms with Gasteiger partial charge in [-0.15, -0.1) is 0 Å². The third-order valence-corrected chi connectivity index (χ3v) is 4.43. The topological polar surface area (TPSA) is 67.6 Å². The molecule has 116 valence electrons. The van der Waals surface area contributed by atoms with Gasteiger partial charge in [-0.1, -0.05) is 6.92 Å². The maximum atomic E-state index is 12.1. The molecule has 2 rings (SSSR count). The Morgan fingerprint density at radius 3 is 2.50 bits per heavy atom. The van der Waals surface area contributed by atoms with Crippen LogP contribution in [0.15, 0.2) is 0 Å². The van der Waals surface area contributed by atoms with Crippen LogP contribution in [0.4, 0.5) is 0 Å². The molecule has 0 aliphatic heterocycles. The molecule has 2 aliphatic rings. The highest BCUT2D eigenvalue weighted by molar-refractivity contribution is 5.86. The average Bonchev–Trinajstić information content (AvgIpc) is 3.27. The molecule has 5 nitrogen and oxygen atoms in total. The van der Waals surface area contributed by atoms with E-state index in [-0.39, 0.29) is 5.91 Å². The third kappa shape index (κ3) is 3.93. The van der Waals surface area contributed by atoms with Crippen LogP contribution >= 0.6 is 0 Å². The third-order valence-electron chi connectivity index (χ3n) is 4.43. The van der Waals surface area contributed by atoms with Gasteiger partial charge in [0.25, 0.3) is 0 Å². The molecular weight excluding hydrogens is 254 g/mol. The summed E-state index contributed by atoms with van der Waals surface area (Å²) in [5.74, 6) is 0.239. The number of nitrogens with one attached hydrogen (secondary N) is 1. The zero-order valence-corrected chi connectivity index (χ0v) is 12.9. The summed E-state index contributed by atoms with van der Waals surface area (Å²) >= 11 is 0. The van der Waals surface area contributed by atoms with Crippen molar-refractivity contribution >= 4 is 5.91 Å². The lowest BCUT2D eigenvalue weighted by atomic mass is 9.91. The number of carbonyl (C=O) groups excluding carboxylic acids is 1. The van der Waals surface area contributed by atoms with Gasteiger partial charge in [-0.3, -0.25) is 15.0 Å². The smallest absolute Gasteiger partial charge is 0.239 e. The number of nitrogens with zero attached hydrogens (tertiary/aromatic N) is 1. The van der Waals surface area contributed by atoms with Crippen LogP contribution in [0, 0.1) is 5.92 Å². The number of carbonyl (C=O) groups is 1. The molecule has 0 spiro atoms. The second-order valence-corrected chi connectivity index (χ2v) is 6.09. The Kier molecular flexibility index (Phi) is 5.41. The first kappa shape index (κ1) is 15.7. The minimum absolute atomic E-state index is 0.179. The van der Waals surface area contributed by atoms with E-state index in [4.69, 9.17) is 10.5 Å². The lowest BCUT2D eigenvalue weighted by Crippen LogP contribution is -2.64. The van der Waals surface area contributed by atoms with E-state index in [1.807, 2.05) is 6.92 Å². The Hall–Kier alpha value is -0.650. The van der Waals surface area contributed by atoms with Gasteiger partial charge in [0, 0.05) is 25.7 Å². The number of rotatable bonds is 11. The van der Waals surface area contributed by atoms with Crippen LogP contribution in [0.25, 0.3) is 0 Å². The number of nitrogens with two attached hydrogens (primary N) is 1. The average molecular weight is 283 g/mol. The van der Waals surface area contributed by atoms with E-state index in [1.165, 1.54) is 12.8 Å². The van der Waals surface area contributed by atoms with Crippen LogP contribution in [0.2, 0.25) is 0 Å². The molecule has 0 saturated heterocycles. The van der Waals surface area contributed by atoms with Gasteiger partial charge < -0.3 is 10.5 Å². The van der Waals surface area contributed by atoms with Gasteiger partial charge in [0.05, 0.1) is 6.61 Å². The molecule has 2 fully saturated rings. The van der Waals surface area contributed by atoms with Crippen LogP contribution < -0.4 is 11.1 Å². The normalized spacial score (nSPS) is 21.9. The Bertz CT molecular complexity index is 329. The summed E-state index contributed by atoms with van der Waals surface area (Å²) in [5.41, 5.74) is 5.26. The van der Waals surface area contributed by atoms with Crippen LogP contribution in [0.3, 0.4) is 0 Å². The maximum Gasteiger partial charge on any atom is 0.239 e. The fourth-order valence-corrected chi connectivity index (χ4v) is 2.85. The van der Waals surface area contributed by atoms with Crippen molar-refractivity contribution in [2.75, 3.05) is 32.8 Å². The van der Waals surface area contributed by atoms with Crippen molar-refractivity contribution in [2.45, 2.75) is 51.1 Å². The fraction of sp³-hybridized carbons (Fsp3) is 0.933. The summed E-state index contributed by atoms with van der Waals surface area (Å²) in [6, 6.07) is 0.494. The monoisotopic (exact) mass is 283 g/mol. The van der Waals surface area contributed by atoms with Crippen molar-refractivity contribution in [3.63, 3.8) is 0 Å². The second-order valence-electron chi connectivity index (χ2n) is 6.09. The number of primary amides is 1. The first-order valence-electron chi connectivity index (χ1n) is 8.00. The van der Waals surface area contributed by atoms with Crippen molar-refractivity contribution in [2.24, 2.45) is 11.7 Å². The Labute approximate surface area is 122 Å². The maximum absolute atomic E-state index is 12.1. The van der Waals surface area contributed by atoms with Crippen molar-refractivity contribution < 1.29 is 9.53 Å². The largest absolute Gasteiger partial charge is 0.380 e. The highest BCUT2D eigenvalue weighted by atomic mass is 16.5. The molecule has 0 aromatic heterocycles. The van der Waals surface area contributed by atoms with Crippen molar-refractivity contribution in [1.82, 2.24) is 10.2 Å². The van der Waals surface area contributed by atoms with Crippen LogP contribution in [0.1, 0.15) is 39.5 Å². The summed E-state index contributed by atoms with van der Waals surface area (Å²) in [6.07, 6.45) is 4.58. The summed E-state index contributed by atoms with van der Waals surface area (Å²) in [6.45, 7) is 8.08. The van der Waals surface area contributed by atoms with Gasteiger partial charge in [0.2, 0.25) is 5.91 Å². The van der Waals surface area contributed by atoms with Gasteiger partial charge in [0.15, 0.2) is 0 Å². The van der Waals surface area contributed by atoms with E-state index < -0.39 is 5.54 Å². The molecule has 0 bridgehead atoms. The Balaban J connectivity index is 1.98. The van der Waals surface area contributed by atoms with Gasteiger partial charge in [-0.25, -0.2) is 0 Å². The minimum atomic E-state index is -0.524. The van der Waals surface area contributed by atoms with E-state index in [1.54, 1.807) is 0 Å². The van der Waals surface area contributed by atoms with Crippen molar-refractivity contribution in [3.05, 3.63) is 0 Å². The zero-order valence-electron chi connectivity index (χ0n) is 12.9. The van der Waals surface area contributed by atoms with E-state index >= 15 is 0 Å². The standard InChI is InChI=1S/C15H29N3O2/c1-3-18(9-10-20-4-2)11-15(14(16)19,12-5-6-12)17-13-7-8-13/h12-13,17H,3-11H2,1-2H3,(H2,16,19). The summed E-state index contributed by atoms with van der Waals surface area (Å²) in [4.78, 5) is 14.4. The van der Waals surface area contributed by atoms with Crippen LogP contribution in [0.5, 0.6) is 0 Å². The Morgan fingerprint density at radius 1 is 1.35 bits per heavy atom. The minimum Gasteiger partial charge on any atom is -0.380 e. The molecule has 2 saturated carbocycles. The molecule has 20 heavy (non-hydrogen) atoms. The first-order chi connectivity index (χ1) is 9.62. The van der Waals surface area contributed by atoms with E-state index in [0.717, 1.165) is 32.5 Å². The lowest BCUT2D eigenvalue weighted by Gasteiger charge is -2.37. The molecule has 2 aliphatic carbocycles. The number of hydrogen-bond donors (Lipinski definition) is 2. The van der Waals surface area contributed by atoms with Gasteiger partial charge in [-0.2, -0.15) is 0 Å². The molecule has 0 aromatic carbocycles. The first-order valence-corrected chi connectivity index (χ1v) is 8.00. The van der Waals surface area contributed by atoms with E-state index in [2.05, 4.69) is 17.1 Å². The summed E-state index contributed by atoms with van der Waals surface area (Å²) in [7, 11) is 0. The second kappa shape index (κ2) is 6.87. The van der Waals surface area contributed by atoms with E-state index in [0.29, 0.717) is 25.1 Å². The molecule has 1 unspecified atom stereocenters. The number of ether oxygens (including phenoxy) is 1. The lowest BCUT2D eigenvalue weighted by molar-refractivity contribution is -0.126. The molecule has 1 atom stereocenters. The van der Waals surface area contributed by atoms with Crippen LogP contribution in [-0.4, -0.2) is 55.2 Å².